The van der Waals surface area contributed by atoms with Crippen molar-refractivity contribution in [3.8, 4) is 22.3 Å². The van der Waals surface area contributed by atoms with Gasteiger partial charge in [-0.15, -0.1) is 0 Å². The number of para-hydroxylation sites is 1. The largest absolute Gasteiger partial charge is 0.310 e. The Morgan fingerprint density at radius 2 is 1.15 bits per heavy atom. The second-order valence-electron chi connectivity index (χ2n) is 18.5. The van der Waals surface area contributed by atoms with Crippen molar-refractivity contribution < 1.29 is 0 Å². The monoisotopic (exact) mass is 771 g/mol. The van der Waals surface area contributed by atoms with Gasteiger partial charge in [-0.1, -0.05) is 168 Å². The first-order valence-corrected chi connectivity index (χ1v) is 21.5. The molecule has 0 radical (unpaired) electrons. The molecule has 8 aromatic carbocycles. The summed E-state index contributed by atoms with van der Waals surface area (Å²) in [7, 11) is 0. The summed E-state index contributed by atoms with van der Waals surface area (Å²) in [5, 5.41) is 7.81. The van der Waals surface area contributed by atoms with Gasteiger partial charge in [0.25, 0.3) is 0 Å². The van der Waals surface area contributed by atoms with Crippen molar-refractivity contribution in [3.63, 3.8) is 0 Å². The van der Waals surface area contributed by atoms with Crippen molar-refractivity contribution in [1.29, 1.82) is 0 Å². The van der Waals surface area contributed by atoms with Crippen LogP contribution in [-0.2, 0) is 10.8 Å². The fourth-order valence-electron chi connectivity index (χ4n) is 10.3. The molecule has 3 aliphatic rings. The molecule has 1 nitrogen and oxygen atoms in total. The Morgan fingerprint density at radius 3 is 1.87 bits per heavy atom. The second kappa shape index (κ2) is 13.7. The third-order valence-corrected chi connectivity index (χ3v) is 13.5. The molecular weight excluding hydrogens is 723 g/mol. The summed E-state index contributed by atoms with van der Waals surface area (Å²) in [6, 6.07) is 57.2. The molecule has 11 rings (SSSR count). The molecule has 0 fully saturated rings. The molecule has 0 aliphatic heterocycles. The van der Waals surface area contributed by atoms with E-state index in [0.717, 1.165) is 17.8 Å². The van der Waals surface area contributed by atoms with Crippen LogP contribution in [0.4, 0.5) is 17.1 Å². The molecule has 1 atom stereocenters. The standard InChI is InChI=1S/C59H49N/c1-58(2,3)43-26-28-45(29-27-43)60(44-17-7-6-8-18-44)46-30-32-50-49-31-25-41(36-55(49)59(4,5)56(50)37-46)54-35-42-34-53(40-24-23-38-15-9-10-16-39(38)33-40)47-19-11-13-21-51(47)57(42)52-22-14-12-20-48(52)54/h6-22,24-38H,23H2,1-5H3. The minimum absolute atomic E-state index is 0.0918. The molecular formula is C59H49N. The lowest BCUT2D eigenvalue weighted by atomic mass is 9.80. The van der Waals surface area contributed by atoms with Crippen LogP contribution in [0.15, 0.2) is 194 Å². The highest BCUT2D eigenvalue weighted by Gasteiger charge is 2.36. The third-order valence-electron chi connectivity index (χ3n) is 13.5. The molecule has 0 bridgehead atoms. The molecule has 1 heteroatoms. The number of rotatable bonds is 5. The summed E-state index contributed by atoms with van der Waals surface area (Å²) in [6.07, 6.45) is 14.9. The lowest BCUT2D eigenvalue weighted by molar-refractivity contribution is 0.590. The van der Waals surface area contributed by atoms with Gasteiger partial charge in [-0.25, -0.2) is 0 Å². The molecule has 290 valence electrons. The van der Waals surface area contributed by atoms with E-state index in [1.165, 1.54) is 93.7 Å². The Morgan fingerprint density at radius 1 is 0.550 bits per heavy atom. The van der Waals surface area contributed by atoms with E-state index in [2.05, 4.69) is 228 Å². The van der Waals surface area contributed by atoms with Crippen molar-refractivity contribution >= 4 is 55.0 Å². The first-order chi connectivity index (χ1) is 29.1. The smallest absolute Gasteiger partial charge is 0.0465 e. The lowest BCUT2D eigenvalue weighted by Crippen LogP contribution is -2.17. The number of hydrogen-bond acceptors (Lipinski definition) is 1. The van der Waals surface area contributed by atoms with Crippen LogP contribution in [0.1, 0.15) is 63.3 Å². The van der Waals surface area contributed by atoms with E-state index in [4.69, 9.17) is 0 Å². The zero-order valence-electron chi connectivity index (χ0n) is 35.1. The molecule has 3 aliphatic carbocycles. The predicted octanol–water partition coefficient (Wildman–Crippen LogP) is 16.3. The molecule has 60 heavy (non-hydrogen) atoms. The van der Waals surface area contributed by atoms with Crippen LogP contribution in [0.2, 0.25) is 0 Å². The lowest BCUT2D eigenvalue weighted by Gasteiger charge is -2.29. The quantitative estimate of drug-likeness (QED) is 0.158. The van der Waals surface area contributed by atoms with E-state index in [1.54, 1.807) is 0 Å². The fourth-order valence-corrected chi connectivity index (χ4v) is 10.3. The summed E-state index contributed by atoms with van der Waals surface area (Å²) >= 11 is 0. The van der Waals surface area contributed by atoms with E-state index < -0.39 is 0 Å². The number of fused-ring (bicyclic) bond motifs is 9. The molecule has 1 unspecified atom stereocenters. The summed E-state index contributed by atoms with van der Waals surface area (Å²) in [5.41, 5.74) is 16.6. The van der Waals surface area contributed by atoms with Crippen LogP contribution in [0.25, 0.3) is 60.1 Å². The maximum Gasteiger partial charge on any atom is 0.0465 e. The van der Waals surface area contributed by atoms with Gasteiger partial charge >= 0.3 is 0 Å². The summed E-state index contributed by atoms with van der Waals surface area (Å²) in [4.78, 5) is 2.40. The normalized spacial score (nSPS) is 16.4. The van der Waals surface area contributed by atoms with Crippen LogP contribution in [-0.4, -0.2) is 0 Å². The summed E-state index contributed by atoms with van der Waals surface area (Å²) in [6.45, 7) is 11.6. The molecule has 0 aromatic heterocycles. The number of hydrogen-bond donors (Lipinski definition) is 0. The molecule has 0 amide bonds. The number of anilines is 3. The second-order valence-corrected chi connectivity index (χ2v) is 18.5. The zero-order chi connectivity index (χ0) is 40.8. The summed E-state index contributed by atoms with van der Waals surface area (Å²) in [5.74, 6) is 0.469. The van der Waals surface area contributed by atoms with Crippen LogP contribution in [0, 0.1) is 5.92 Å². The number of allylic oxidation sites excluding steroid dienone is 8. The first-order valence-electron chi connectivity index (χ1n) is 21.5. The minimum atomic E-state index is -0.202. The number of benzene rings is 8. The topological polar surface area (TPSA) is 3.24 Å². The SMILES string of the molecule is CC(C)(C)c1ccc(N(c2ccccc2)c2ccc3c(c2)C(C)(C)c2cc(-c4cc5cc(C6=CCC7C=CC=CC7=C6)c6ccccc6c5c5ccccc45)ccc2-3)cc1. The molecule has 0 saturated heterocycles. The molecule has 0 N–H and O–H groups in total. The molecule has 0 heterocycles. The van der Waals surface area contributed by atoms with Crippen molar-refractivity contribution in [1.82, 2.24) is 0 Å². The van der Waals surface area contributed by atoms with Crippen molar-refractivity contribution in [2.24, 2.45) is 5.92 Å². The number of nitrogens with zero attached hydrogens (tertiary/aromatic N) is 1. The average Bonchev–Trinajstić information content (AvgIpc) is 3.50. The highest BCUT2D eigenvalue weighted by atomic mass is 15.1. The highest BCUT2D eigenvalue weighted by molar-refractivity contribution is 6.25. The maximum atomic E-state index is 2.49. The van der Waals surface area contributed by atoms with Gasteiger partial charge in [0.15, 0.2) is 0 Å². The Hall–Kier alpha value is -6.70. The van der Waals surface area contributed by atoms with Gasteiger partial charge in [-0.3, -0.25) is 0 Å². The van der Waals surface area contributed by atoms with Gasteiger partial charge in [0.05, 0.1) is 0 Å². The molecule has 8 aromatic rings. The van der Waals surface area contributed by atoms with E-state index in [9.17, 15) is 0 Å². The van der Waals surface area contributed by atoms with Gasteiger partial charge in [-0.05, 0) is 154 Å². The van der Waals surface area contributed by atoms with Gasteiger partial charge < -0.3 is 4.90 Å². The van der Waals surface area contributed by atoms with E-state index >= 15 is 0 Å². The zero-order valence-corrected chi connectivity index (χ0v) is 35.1. The van der Waals surface area contributed by atoms with Crippen LogP contribution < -0.4 is 4.90 Å². The van der Waals surface area contributed by atoms with E-state index in [1.807, 2.05) is 0 Å². The molecule has 0 spiro atoms. The van der Waals surface area contributed by atoms with Gasteiger partial charge in [-0.2, -0.15) is 0 Å². The Bertz CT molecular complexity index is 3160. The first kappa shape index (κ1) is 36.4. The summed E-state index contributed by atoms with van der Waals surface area (Å²) < 4.78 is 0. The average molecular weight is 772 g/mol. The Kier molecular flexibility index (Phi) is 8.30. The van der Waals surface area contributed by atoms with Gasteiger partial charge in [0.2, 0.25) is 0 Å². The van der Waals surface area contributed by atoms with Gasteiger partial charge in [0, 0.05) is 28.4 Å². The minimum Gasteiger partial charge on any atom is -0.310 e. The third kappa shape index (κ3) is 5.82. The van der Waals surface area contributed by atoms with Crippen LogP contribution in [0.3, 0.4) is 0 Å². The van der Waals surface area contributed by atoms with Crippen molar-refractivity contribution in [2.75, 3.05) is 4.90 Å². The van der Waals surface area contributed by atoms with E-state index in [-0.39, 0.29) is 10.8 Å². The van der Waals surface area contributed by atoms with Crippen LogP contribution in [0.5, 0.6) is 0 Å². The predicted molar refractivity (Wildman–Crippen MR) is 258 cm³/mol. The molecule has 0 saturated carbocycles. The van der Waals surface area contributed by atoms with Crippen molar-refractivity contribution in [2.45, 2.75) is 51.9 Å². The van der Waals surface area contributed by atoms with E-state index in [0.29, 0.717) is 5.92 Å². The van der Waals surface area contributed by atoms with Crippen molar-refractivity contribution in [3.05, 3.63) is 216 Å². The Balaban J connectivity index is 1.04. The maximum absolute atomic E-state index is 2.49. The Labute approximate surface area is 354 Å². The van der Waals surface area contributed by atoms with Crippen LogP contribution >= 0.6 is 0 Å². The fraction of sp³-hybridized carbons (Fsp3) is 0.153. The van der Waals surface area contributed by atoms with Gasteiger partial charge in [0.1, 0.15) is 0 Å². The highest BCUT2D eigenvalue weighted by Crippen LogP contribution is 2.52.